The normalized spacial score (nSPS) is 12.0. The minimum absolute atomic E-state index is 0.797. The van der Waals surface area contributed by atoms with Gasteiger partial charge in [-0.15, -0.1) is 0 Å². The van der Waals surface area contributed by atoms with E-state index >= 15 is 0 Å². The smallest absolute Gasteiger partial charge is 0.0104 e. The van der Waals surface area contributed by atoms with Crippen molar-refractivity contribution in [3.63, 3.8) is 0 Å². The topological polar surface area (TPSA) is 42.6 Å². The van der Waals surface area contributed by atoms with E-state index in [0.717, 1.165) is 64.8 Å². The summed E-state index contributed by atoms with van der Waals surface area (Å²) < 4.78 is 0. The minimum atomic E-state index is 0.797. The van der Waals surface area contributed by atoms with Gasteiger partial charge in [-0.3, -0.25) is 0 Å². The molecule has 0 rings (SSSR count). The maximum absolute atomic E-state index is 3.52. The lowest BCUT2D eigenvalue weighted by Gasteiger charge is -2.19. The Morgan fingerprint density at radius 3 is 1.57 bits per heavy atom. The summed E-state index contributed by atoms with van der Waals surface area (Å²) in [4.78, 5) is 4.74. The Balaban J connectivity index is 3.27. The van der Waals surface area contributed by atoms with Crippen LogP contribution in [-0.2, 0) is 0 Å². The molecule has 0 bridgehead atoms. The first kappa shape index (κ1) is 20.8. The van der Waals surface area contributed by atoms with E-state index in [1.54, 1.807) is 0 Å². The van der Waals surface area contributed by atoms with Crippen molar-refractivity contribution in [3.05, 3.63) is 0 Å². The van der Waals surface area contributed by atoms with Gasteiger partial charge in [0.15, 0.2) is 0 Å². The van der Waals surface area contributed by atoms with E-state index in [-0.39, 0.29) is 0 Å². The van der Waals surface area contributed by atoms with Gasteiger partial charge < -0.3 is 25.8 Å². The maximum atomic E-state index is 3.52. The number of nitrogens with zero attached hydrogens (tertiary/aromatic N) is 2. The molecule has 5 heteroatoms. The fourth-order valence-electron chi connectivity index (χ4n) is 1.98. The molecule has 21 heavy (non-hydrogen) atoms. The van der Waals surface area contributed by atoms with Crippen LogP contribution in [0.15, 0.2) is 0 Å². The molecule has 0 heterocycles. The van der Waals surface area contributed by atoms with Gasteiger partial charge in [0.1, 0.15) is 0 Å². The molecule has 0 saturated carbocycles. The van der Waals surface area contributed by atoms with E-state index in [1.165, 1.54) is 6.42 Å². The van der Waals surface area contributed by atoms with E-state index < -0.39 is 0 Å². The van der Waals surface area contributed by atoms with Gasteiger partial charge in [0, 0.05) is 52.4 Å². The number of hydrogen-bond acceptors (Lipinski definition) is 5. The maximum Gasteiger partial charge on any atom is 0.0104 e. The van der Waals surface area contributed by atoms with Crippen LogP contribution in [0.5, 0.6) is 0 Å². The molecular formula is C16H39N5. The monoisotopic (exact) mass is 301 g/mol. The summed E-state index contributed by atoms with van der Waals surface area (Å²) in [6.45, 7) is 14.5. The molecule has 0 unspecified atom stereocenters. The SMILES string of the molecule is CNCCN(C)CCNCCN(C)CCNCCC(C)C. The van der Waals surface area contributed by atoms with Gasteiger partial charge in [-0.1, -0.05) is 13.8 Å². The number of rotatable bonds is 15. The van der Waals surface area contributed by atoms with Gasteiger partial charge in [-0.05, 0) is 40.0 Å². The molecule has 0 saturated heterocycles. The Hall–Kier alpha value is -0.200. The van der Waals surface area contributed by atoms with Gasteiger partial charge in [0.2, 0.25) is 0 Å². The Morgan fingerprint density at radius 2 is 1.14 bits per heavy atom. The first-order valence-corrected chi connectivity index (χ1v) is 8.49. The third-order valence-corrected chi connectivity index (χ3v) is 3.65. The van der Waals surface area contributed by atoms with Crippen LogP contribution in [0.1, 0.15) is 20.3 Å². The molecule has 0 aromatic heterocycles. The molecule has 0 aromatic carbocycles. The third kappa shape index (κ3) is 16.0. The first-order chi connectivity index (χ1) is 10.1. The Morgan fingerprint density at radius 1 is 0.714 bits per heavy atom. The predicted molar refractivity (Wildman–Crippen MR) is 94.1 cm³/mol. The second kappa shape index (κ2) is 14.7. The second-order valence-corrected chi connectivity index (χ2v) is 6.39. The highest BCUT2D eigenvalue weighted by molar-refractivity contribution is 4.60. The fourth-order valence-corrected chi connectivity index (χ4v) is 1.98. The largest absolute Gasteiger partial charge is 0.318 e. The Kier molecular flexibility index (Phi) is 14.6. The van der Waals surface area contributed by atoms with Crippen molar-refractivity contribution < 1.29 is 0 Å². The highest BCUT2D eigenvalue weighted by atomic mass is 15.1. The van der Waals surface area contributed by atoms with Crippen LogP contribution in [0, 0.1) is 5.92 Å². The average Bonchev–Trinajstić information content (AvgIpc) is 2.44. The summed E-state index contributed by atoms with van der Waals surface area (Å²) in [6.07, 6.45) is 1.27. The van der Waals surface area contributed by atoms with Crippen molar-refractivity contribution in [2.75, 3.05) is 80.0 Å². The van der Waals surface area contributed by atoms with Crippen LogP contribution in [0.25, 0.3) is 0 Å². The molecule has 5 nitrogen and oxygen atoms in total. The van der Waals surface area contributed by atoms with Crippen molar-refractivity contribution in [2.24, 2.45) is 5.92 Å². The van der Waals surface area contributed by atoms with Gasteiger partial charge in [0.05, 0.1) is 0 Å². The molecule has 0 spiro atoms. The zero-order chi connectivity index (χ0) is 15.9. The minimum Gasteiger partial charge on any atom is -0.318 e. The molecule has 128 valence electrons. The van der Waals surface area contributed by atoms with Gasteiger partial charge in [0.25, 0.3) is 0 Å². The van der Waals surface area contributed by atoms with E-state index in [2.05, 4.69) is 53.7 Å². The predicted octanol–water partition coefficient (Wildman–Crippen LogP) is 0.295. The summed E-state index contributed by atoms with van der Waals surface area (Å²) >= 11 is 0. The van der Waals surface area contributed by atoms with Crippen molar-refractivity contribution in [1.82, 2.24) is 25.8 Å². The van der Waals surface area contributed by atoms with E-state index in [4.69, 9.17) is 0 Å². The molecule has 3 N–H and O–H groups in total. The highest BCUT2D eigenvalue weighted by Gasteiger charge is 1.99. The van der Waals surface area contributed by atoms with Crippen molar-refractivity contribution in [2.45, 2.75) is 20.3 Å². The third-order valence-electron chi connectivity index (χ3n) is 3.65. The fraction of sp³-hybridized carbons (Fsp3) is 1.00. The van der Waals surface area contributed by atoms with Crippen LogP contribution >= 0.6 is 0 Å². The van der Waals surface area contributed by atoms with Crippen molar-refractivity contribution in [3.8, 4) is 0 Å². The number of nitrogens with one attached hydrogen (secondary N) is 3. The van der Waals surface area contributed by atoms with Gasteiger partial charge >= 0.3 is 0 Å². The van der Waals surface area contributed by atoms with Gasteiger partial charge in [-0.25, -0.2) is 0 Å². The Labute approximate surface area is 132 Å². The summed E-state index contributed by atoms with van der Waals surface area (Å²) in [5, 5.41) is 10.2. The van der Waals surface area contributed by atoms with Crippen LogP contribution in [0.3, 0.4) is 0 Å². The molecule has 0 aliphatic heterocycles. The van der Waals surface area contributed by atoms with Crippen molar-refractivity contribution in [1.29, 1.82) is 0 Å². The molecule has 0 atom stereocenters. The highest BCUT2D eigenvalue weighted by Crippen LogP contribution is 1.95. The van der Waals surface area contributed by atoms with Crippen LogP contribution < -0.4 is 16.0 Å². The summed E-state index contributed by atoms with van der Waals surface area (Å²) in [7, 11) is 6.37. The number of likely N-dealkylation sites (N-methyl/N-ethyl adjacent to an activating group) is 3. The molecule has 0 aliphatic carbocycles. The number of hydrogen-bond donors (Lipinski definition) is 3. The molecular weight excluding hydrogens is 262 g/mol. The lowest BCUT2D eigenvalue weighted by atomic mass is 10.1. The second-order valence-electron chi connectivity index (χ2n) is 6.39. The summed E-state index contributed by atoms with van der Waals surface area (Å²) in [5.41, 5.74) is 0. The van der Waals surface area contributed by atoms with E-state index in [9.17, 15) is 0 Å². The summed E-state index contributed by atoms with van der Waals surface area (Å²) in [6, 6.07) is 0. The molecule has 0 radical (unpaired) electrons. The van der Waals surface area contributed by atoms with Crippen LogP contribution in [0.4, 0.5) is 0 Å². The molecule has 0 aliphatic rings. The van der Waals surface area contributed by atoms with E-state index in [0.29, 0.717) is 0 Å². The zero-order valence-corrected chi connectivity index (χ0v) is 15.0. The molecule has 0 aromatic rings. The quantitative estimate of drug-likeness (QED) is 0.380. The molecule has 0 amide bonds. The van der Waals surface area contributed by atoms with Crippen LogP contribution in [0.2, 0.25) is 0 Å². The Bertz CT molecular complexity index is 211. The van der Waals surface area contributed by atoms with Crippen LogP contribution in [-0.4, -0.2) is 89.8 Å². The lowest BCUT2D eigenvalue weighted by molar-refractivity contribution is 0.310. The van der Waals surface area contributed by atoms with E-state index in [1.807, 2.05) is 7.05 Å². The first-order valence-electron chi connectivity index (χ1n) is 8.49. The summed E-state index contributed by atoms with van der Waals surface area (Å²) in [5.74, 6) is 0.797. The standard InChI is InChI=1S/C16H39N5/c1-16(2)6-7-18-9-13-21(5)15-11-19-10-14-20(4)12-8-17-3/h16-19H,6-15H2,1-5H3. The average molecular weight is 302 g/mol. The lowest BCUT2D eigenvalue weighted by Crippen LogP contribution is -2.37. The van der Waals surface area contributed by atoms with Gasteiger partial charge in [-0.2, -0.15) is 0 Å². The molecule has 0 fully saturated rings. The zero-order valence-electron chi connectivity index (χ0n) is 15.0. The van der Waals surface area contributed by atoms with Crippen molar-refractivity contribution >= 4 is 0 Å².